The van der Waals surface area contributed by atoms with Gasteiger partial charge in [0.05, 0.1) is 16.6 Å². The van der Waals surface area contributed by atoms with Crippen LogP contribution in [0.1, 0.15) is 23.7 Å². The lowest BCUT2D eigenvalue weighted by atomic mass is 10.1. The van der Waals surface area contributed by atoms with Gasteiger partial charge in [-0.2, -0.15) is 4.39 Å². The Hall–Kier alpha value is -2.09. The van der Waals surface area contributed by atoms with Gasteiger partial charge in [0.1, 0.15) is 5.82 Å². The number of ether oxygens (including phenoxy) is 1. The Morgan fingerprint density at radius 1 is 1.45 bits per heavy atom. The summed E-state index contributed by atoms with van der Waals surface area (Å²) < 4.78 is 31.9. The highest BCUT2D eigenvalue weighted by Crippen LogP contribution is 2.22. The van der Waals surface area contributed by atoms with Crippen LogP contribution in [0.5, 0.6) is 0 Å². The minimum atomic E-state index is -1.35. The third-order valence-electron chi connectivity index (χ3n) is 2.41. The van der Waals surface area contributed by atoms with Gasteiger partial charge in [-0.15, -0.1) is 0 Å². The molecule has 0 saturated carbocycles. The van der Waals surface area contributed by atoms with Gasteiger partial charge in [0.15, 0.2) is 0 Å². The van der Waals surface area contributed by atoms with Gasteiger partial charge in [-0.1, -0.05) is 0 Å². The minimum absolute atomic E-state index is 0.197. The topological polar surface area (TPSA) is 81.5 Å². The molecule has 0 aliphatic rings. The summed E-state index contributed by atoms with van der Waals surface area (Å²) in [5.41, 5.74) is -1.75. The molecule has 0 heterocycles. The molecular formula is C12H14F2N2O4. The third-order valence-corrected chi connectivity index (χ3v) is 2.41. The summed E-state index contributed by atoms with van der Waals surface area (Å²) in [7, 11) is 0. The summed E-state index contributed by atoms with van der Waals surface area (Å²) in [6, 6.07) is 1.06. The number of nitro groups is 1. The van der Waals surface area contributed by atoms with Crippen molar-refractivity contribution in [2.45, 2.75) is 13.3 Å². The van der Waals surface area contributed by atoms with E-state index in [9.17, 15) is 23.7 Å². The fourth-order valence-electron chi connectivity index (χ4n) is 1.49. The standard InChI is InChI=1S/C12H14F2N2O4/c1-2-20-5-3-4-15-12(17)9-6-8(13)7-10(11(9)14)16(18)19/h6-7H,2-5H2,1H3,(H,15,17). The van der Waals surface area contributed by atoms with Crippen LogP contribution in [0.2, 0.25) is 0 Å². The van der Waals surface area contributed by atoms with Crippen LogP contribution in [-0.2, 0) is 4.74 Å². The largest absolute Gasteiger partial charge is 0.382 e. The Morgan fingerprint density at radius 3 is 2.75 bits per heavy atom. The number of halogens is 2. The van der Waals surface area contributed by atoms with E-state index < -0.39 is 33.7 Å². The van der Waals surface area contributed by atoms with Gasteiger partial charge in [0.25, 0.3) is 5.91 Å². The molecule has 8 heteroatoms. The van der Waals surface area contributed by atoms with Gasteiger partial charge >= 0.3 is 5.69 Å². The molecule has 110 valence electrons. The van der Waals surface area contributed by atoms with E-state index in [1.165, 1.54) is 0 Å². The number of nitro benzene ring substituents is 1. The second-order valence-electron chi connectivity index (χ2n) is 3.85. The molecule has 1 aromatic carbocycles. The van der Waals surface area contributed by atoms with Crippen LogP contribution < -0.4 is 5.32 Å². The van der Waals surface area contributed by atoms with Crippen molar-refractivity contribution in [1.29, 1.82) is 0 Å². The number of carbonyl (C=O) groups is 1. The first-order valence-electron chi connectivity index (χ1n) is 5.96. The molecule has 0 spiro atoms. The molecular weight excluding hydrogens is 274 g/mol. The number of carbonyl (C=O) groups excluding carboxylic acids is 1. The zero-order valence-electron chi connectivity index (χ0n) is 10.8. The zero-order valence-corrected chi connectivity index (χ0v) is 10.8. The molecule has 0 aliphatic carbocycles. The van der Waals surface area contributed by atoms with E-state index in [-0.39, 0.29) is 6.54 Å². The molecule has 1 N–H and O–H groups in total. The van der Waals surface area contributed by atoms with Gasteiger partial charge in [0.2, 0.25) is 5.82 Å². The van der Waals surface area contributed by atoms with Crippen molar-refractivity contribution in [2.24, 2.45) is 0 Å². The fourth-order valence-corrected chi connectivity index (χ4v) is 1.49. The van der Waals surface area contributed by atoms with Crippen LogP contribution in [0.3, 0.4) is 0 Å². The fraction of sp³-hybridized carbons (Fsp3) is 0.417. The van der Waals surface area contributed by atoms with E-state index in [1.54, 1.807) is 0 Å². The quantitative estimate of drug-likeness (QED) is 0.473. The van der Waals surface area contributed by atoms with E-state index in [0.29, 0.717) is 31.8 Å². The first-order valence-corrected chi connectivity index (χ1v) is 5.96. The number of hydrogen-bond donors (Lipinski definition) is 1. The lowest BCUT2D eigenvalue weighted by Gasteiger charge is -2.06. The molecule has 0 atom stereocenters. The lowest BCUT2D eigenvalue weighted by Crippen LogP contribution is -2.26. The molecule has 20 heavy (non-hydrogen) atoms. The zero-order chi connectivity index (χ0) is 15.1. The number of benzene rings is 1. The van der Waals surface area contributed by atoms with E-state index in [1.807, 2.05) is 6.92 Å². The summed E-state index contributed by atoms with van der Waals surface area (Å²) in [4.78, 5) is 21.1. The molecule has 1 amide bonds. The number of rotatable bonds is 7. The van der Waals surface area contributed by atoms with Crippen LogP contribution in [0.25, 0.3) is 0 Å². The van der Waals surface area contributed by atoms with Crippen molar-refractivity contribution < 1.29 is 23.2 Å². The number of nitrogens with one attached hydrogen (secondary N) is 1. The van der Waals surface area contributed by atoms with Gasteiger partial charge in [0, 0.05) is 19.8 Å². The molecule has 0 saturated heterocycles. The molecule has 0 bridgehead atoms. The monoisotopic (exact) mass is 288 g/mol. The van der Waals surface area contributed by atoms with Crippen molar-refractivity contribution in [3.8, 4) is 0 Å². The van der Waals surface area contributed by atoms with Gasteiger partial charge in [-0.25, -0.2) is 4.39 Å². The maximum atomic E-state index is 13.7. The number of amides is 1. The molecule has 0 radical (unpaired) electrons. The maximum absolute atomic E-state index is 13.7. The Labute approximate surface area is 113 Å². The molecule has 1 rings (SSSR count). The van der Waals surface area contributed by atoms with E-state index in [0.717, 1.165) is 0 Å². The van der Waals surface area contributed by atoms with Crippen LogP contribution in [-0.4, -0.2) is 30.6 Å². The number of hydrogen-bond acceptors (Lipinski definition) is 4. The average molecular weight is 288 g/mol. The third kappa shape index (κ3) is 4.23. The predicted octanol–water partition coefficient (Wildman–Crippen LogP) is 2.03. The van der Waals surface area contributed by atoms with Gasteiger partial charge in [-0.3, -0.25) is 14.9 Å². The van der Waals surface area contributed by atoms with E-state index >= 15 is 0 Å². The Balaban J connectivity index is 2.75. The highest BCUT2D eigenvalue weighted by molar-refractivity contribution is 5.95. The van der Waals surface area contributed by atoms with E-state index in [4.69, 9.17) is 4.74 Å². The highest BCUT2D eigenvalue weighted by atomic mass is 19.1. The average Bonchev–Trinajstić information content (AvgIpc) is 2.40. The van der Waals surface area contributed by atoms with Crippen molar-refractivity contribution in [1.82, 2.24) is 5.32 Å². The molecule has 6 nitrogen and oxygen atoms in total. The molecule has 0 aromatic heterocycles. The highest BCUT2D eigenvalue weighted by Gasteiger charge is 2.23. The number of nitrogens with zero attached hydrogens (tertiary/aromatic N) is 1. The summed E-state index contributed by atoms with van der Waals surface area (Å²) in [6.45, 7) is 2.98. The summed E-state index contributed by atoms with van der Waals surface area (Å²) in [5.74, 6) is -3.29. The van der Waals surface area contributed by atoms with Gasteiger partial charge < -0.3 is 10.1 Å². The normalized spacial score (nSPS) is 10.3. The SMILES string of the molecule is CCOCCCNC(=O)c1cc(F)cc([N+](=O)[O-])c1F. The first-order chi connectivity index (χ1) is 9.47. The van der Waals surface area contributed by atoms with Crippen LogP contribution in [0, 0.1) is 21.7 Å². The first kappa shape index (κ1) is 16.0. The Kier molecular flexibility index (Phi) is 5.98. The summed E-state index contributed by atoms with van der Waals surface area (Å²) in [6.07, 6.45) is 0.499. The van der Waals surface area contributed by atoms with Crippen LogP contribution >= 0.6 is 0 Å². The summed E-state index contributed by atoms with van der Waals surface area (Å²) >= 11 is 0. The van der Waals surface area contributed by atoms with Crippen molar-refractivity contribution in [3.05, 3.63) is 39.4 Å². The Bertz CT molecular complexity index is 508. The molecule has 0 fully saturated rings. The maximum Gasteiger partial charge on any atom is 0.308 e. The van der Waals surface area contributed by atoms with Crippen LogP contribution in [0.15, 0.2) is 12.1 Å². The van der Waals surface area contributed by atoms with Crippen LogP contribution in [0.4, 0.5) is 14.5 Å². The second-order valence-corrected chi connectivity index (χ2v) is 3.85. The summed E-state index contributed by atoms with van der Waals surface area (Å²) in [5, 5.41) is 12.9. The second kappa shape index (κ2) is 7.49. The predicted molar refractivity (Wildman–Crippen MR) is 66.5 cm³/mol. The van der Waals surface area contributed by atoms with Gasteiger partial charge in [-0.05, 0) is 19.4 Å². The van der Waals surface area contributed by atoms with E-state index in [2.05, 4.69) is 5.32 Å². The lowest BCUT2D eigenvalue weighted by molar-refractivity contribution is -0.387. The van der Waals surface area contributed by atoms with Crippen molar-refractivity contribution in [3.63, 3.8) is 0 Å². The molecule has 0 unspecified atom stereocenters. The molecule has 1 aromatic rings. The Morgan fingerprint density at radius 2 is 2.15 bits per heavy atom. The minimum Gasteiger partial charge on any atom is -0.382 e. The smallest absolute Gasteiger partial charge is 0.308 e. The van der Waals surface area contributed by atoms with Crippen molar-refractivity contribution in [2.75, 3.05) is 19.8 Å². The van der Waals surface area contributed by atoms with Crippen molar-refractivity contribution >= 4 is 11.6 Å². The molecule has 0 aliphatic heterocycles.